The summed E-state index contributed by atoms with van der Waals surface area (Å²) in [6.45, 7) is 4.44. The van der Waals surface area contributed by atoms with Crippen LogP contribution in [0.2, 0.25) is 0 Å². The predicted molar refractivity (Wildman–Crippen MR) is 65.2 cm³/mol. The second-order valence-corrected chi connectivity index (χ2v) is 4.22. The number of hydrogen-bond acceptors (Lipinski definition) is 4. The topological polar surface area (TPSA) is 62.3 Å². The monoisotopic (exact) mass is 291 g/mol. The highest BCUT2D eigenvalue weighted by atomic mass is 79.9. The van der Waals surface area contributed by atoms with Crippen LogP contribution in [0.5, 0.6) is 0 Å². The average Bonchev–Trinajstić information content (AvgIpc) is 2.65. The first-order valence-electron chi connectivity index (χ1n) is 5.24. The Bertz CT molecular complexity index is 317. The maximum absolute atomic E-state index is 6.04. The molecule has 1 atom stereocenters. The molecule has 1 aromatic rings. The highest BCUT2D eigenvalue weighted by Gasteiger charge is 2.15. The van der Waals surface area contributed by atoms with E-state index in [1.165, 1.54) is 0 Å². The Balaban J connectivity index is 2.51. The molecule has 2 N–H and O–H groups in total. The summed E-state index contributed by atoms with van der Waals surface area (Å²) in [5.74, 6) is 0. The molecular weight excluding hydrogens is 274 g/mol. The van der Waals surface area contributed by atoms with Gasteiger partial charge in [-0.15, -0.1) is 0 Å². The van der Waals surface area contributed by atoms with E-state index in [0.29, 0.717) is 19.8 Å². The molecule has 0 saturated carbocycles. The molecule has 0 aromatic carbocycles. The number of hydrogen-bond donors (Lipinski definition) is 1. The lowest BCUT2D eigenvalue weighted by Gasteiger charge is -2.14. The number of ether oxygens (including phenoxy) is 2. The Morgan fingerprint density at radius 1 is 1.56 bits per heavy atom. The van der Waals surface area contributed by atoms with Crippen molar-refractivity contribution >= 4 is 15.9 Å². The van der Waals surface area contributed by atoms with Crippen molar-refractivity contribution in [2.24, 2.45) is 5.73 Å². The molecular formula is C10H18BrN3O2. The van der Waals surface area contributed by atoms with Crippen LogP contribution in [-0.4, -0.2) is 36.7 Å². The maximum atomic E-state index is 6.04. The van der Waals surface area contributed by atoms with Crippen LogP contribution in [0.3, 0.4) is 0 Å². The Labute approximate surface area is 104 Å². The summed E-state index contributed by atoms with van der Waals surface area (Å²) >= 11 is 3.44. The second-order valence-electron chi connectivity index (χ2n) is 3.37. The average molecular weight is 292 g/mol. The fourth-order valence-corrected chi connectivity index (χ4v) is 2.01. The molecule has 0 aliphatic heterocycles. The lowest BCUT2D eigenvalue weighted by atomic mass is 10.2. The van der Waals surface area contributed by atoms with Crippen LogP contribution in [0.15, 0.2) is 10.7 Å². The van der Waals surface area contributed by atoms with Crippen LogP contribution in [0.4, 0.5) is 0 Å². The van der Waals surface area contributed by atoms with Crippen molar-refractivity contribution in [2.75, 3.05) is 26.9 Å². The normalized spacial score (nSPS) is 13.0. The van der Waals surface area contributed by atoms with Gasteiger partial charge in [0.1, 0.15) is 0 Å². The smallest absolute Gasteiger partial charge is 0.0716 e. The lowest BCUT2D eigenvalue weighted by molar-refractivity contribution is 0.0625. The van der Waals surface area contributed by atoms with Crippen molar-refractivity contribution in [2.45, 2.75) is 19.5 Å². The zero-order valence-electron chi connectivity index (χ0n) is 9.65. The van der Waals surface area contributed by atoms with Crippen molar-refractivity contribution in [1.82, 2.24) is 9.78 Å². The maximum Gasteiger partial charge on any atom is 0.0716 e. The third-order valence-corrected chi connectivity index (χ3v) is 2.82. The van der Waals surface area contributed by atoms with E-state index < -0.39 is 0 Å². The van der Waals surface area contributed by atoms with Crippen molar-refractivity contribution in [1.29, 1.82) is 0 Å². The molecule has 0 saturated heterocycles. The van der Waals surface area contributed by atoms with Gasteiger partial charge in [0.2, 0.25) is 0 Å². The van der Waals surface area contributed by atoms with E-state index >= 15 is 0 Å². The van der Waals surface area contributed by atoms with Gasteiger partial charge in [-0.05, 0) is 22.9 Å². The van der Waals surface area contributed by atoms with Gasteiger partial charge < -0.3 is 15.2 Å². The molecule has 16 heavy (non-hydrogen) atoms. The molecule has 1 unspecified atom stereocenters. The number of nitrogens with zero attached hydrogens (tertiary/aromatic N) is 2. The number of methoxy groups -OCH3 is 1. The third-order valence-electron chi connectivity index (χ3n) is 2.21. The van der Waals surface area contributed by atoms with Gasteiger partial charge >= 0.3 is 0 Å². The molecule has 0 amide bonds. The summed E-state index contributed by atoms with van der Waals surface area (Å²) in [6.07, 6.45) is 1.76. The molecule has 1 rings (SSSR count). The van der Waals surface area contributed by atoms with E-state index in [-0.39, 0.29) is 6.04 Å². The molecule has 0 aliphatic carbocycles. The van der Waals surface area contributed by atoms with Gasteiger partial charge in [-0.2, -0.15) is 5.10 Å². The van der Waals surface area contributed by atoms with Crippen LogP contribution < -0.4 is 5.73 Å². The van der Waals surface area contributed by atoms with Crippen LogP contribution in [0.25, 0.3) is 0 Å². The van der Waals surface area contributed by atoms with Crippen LogP contribution in [0, 0.1) is 0 Å². The zero-order chi connectivity index (χ0) is 12.0. The van der Waals surface area contributed by atoms with Crippen molar-refractivity contribution in [3.05, 3.63) is 16.4 Å². The number of aromatic nitrogens is 2. The largest absolute Gasteiger partial charge is 0.382 e. The summed E-state index contributed by atoms with van der Waals surface area (Å²) < 4.78 is 13.1. The van der Waals surface area contributed by atoms with Crippen molar-refractivity contribution in [3.63, 3.8) is 0 Å². The fraction of sp³-hybridized carbons (Fsp3) is 0.700. The van der Waals surface area contributed by atoms with Gasteiger partial charge in [-0.1, -0.05) is 0 Å². The summed E-state index contributed by atoms with van der Waals surface area (Å²) in [7, 11) is 1.64. The van der Waals surface area contributed by atoms with E-state index in [9.17, 15) is 0 Å². The minimum absolute atomic E-state index is 0.173. The second kappa shape index (κ2) is 7.01. The number of aryl methyl sites for hydroxylation is 1. The van der Waals surface area contributed by atoms with Crippen molar-refractivity contribution < 1.29 is 9.47 Å². The molecule has 0 radical (unpaired) electrons. The van der Waals surface area contributed by atoms with Gasteiger partial charge in [-0.25, -0.2) is 0 Å². The molecule has 0 bridgehead atoms. The zero-order valence-corrected chi connectivity index (χ0v) is 11.2. The Morgan fingerprint density at radius 2 is 2.31 bits per heavy atom. The molecule has 92 valence electrons. The predicted octanol–water partition coefficient (Wildman–Crippen LogP) is 1.33. The summed E-state index contributed by atoms with van der Waals surface area (Å²) in [4.78, 5) is 0. The number of rotatable bonds is 7. The fourth-order valence-electron chi connectivity index (χ4n) is 1.42. The van der Waals surface area contributed by atoms with E-state index in [1.54, 1.807) is 13.3 Å². The Kier molecular flexibility index (Phi) is 5.97. The summed E-state index contributed by atoms with van der Waals surface area (Å²) in [5.41, 5.74) is 7.01. The quantitative estimate of drug-likeness (QED) is 0.770. The van der Waals surface area contributed by atoms with Gasteiger partial charge in [0.05, 0.1) is 42.2 Å². The first-order chi connectivity index (χ1) is 7.70. The minimum atomic E-state index is -0.173. The van der Waals surface area contributed by atoms with E-state index in [1.807, 2.05) is 11.6 Å². The van der Waals surface area contributed by atoms with Crippen LogP contribution in [-0.2, 0) is 16.0 Å². The van der Waals surface area contributed by atoms with Crippen LogP contribution in [0.1, 0.15) is 18.7 Å². The first kappa shape index (κ1) is 13.6. The van der Waals surface area contributed by atoms with Crippen LogP contribution >= 0.6 is 15.9 Å². The molecule has 1 aromatic heterocycles. The standard InChI is InChI=1S/C10H18BrN3O2/c1-3-14-10(8(11)6-13-14)9(12)7-16-5-4-15-2/h6,9H,3-5,7,12H2,1-2H3. The molecule has 0 fully saturated rings. The SMILES string of the molecule is CCn1ncc(Br)c1C(N)COCCOC. The van der Waals surface area contributed by atoms with Gasteiger partial charge in [0.25, 0.3) is 0 Å². The van der Waals surface area contributed by atoms with Gasteiger partial charge in [-0.3, -0.25) is 4.68 Å². The Morgan fingerprint density at radius 3 is 2.94 bits per heavy atom. The third kappa shape index (κ3) is 3.55. The number of nitrogens with two attached hydrogens (primary N) is 1. The highest BCUT2D eigenvalue weighted by molar-refractivity contribution is 9.10. The Hall–Kier alpha value is -0.430. The lowest BCUT2D eigenvalue weighted by Crippen LogP contribution is -2.22. The summed E-state index contributed by atoms with van der Waals surface area (Å²) in [6, 6.07) is -0.173. The summed E-state index contributed by atoms with van der Waals surface area (Å²) in [5, 5.41) is 4.21. The van der Waals surface area contributed by atoms with Gasteiger partial charge in [0, 0.05) is 13.7 Å². The van der Waals surface area contributed by atoms with E-state index in [4.69, 9.17) is 15.2 Å². The van der Waals surface area contributed by atoms with E-state index in [0.717, 1.165) is 16.7 Å². The molecule has 0 aliphatic rings. The van der Waals surface area contributed by atoms with E-state index in [2.05, 4.69) is 21.0 Å². The molecule has 5 nitrogen and oxygen atoms in total. The molecule has 0 spiro atoms. The first-order valence-corrected chi connectivity index (χ1v) is 6.03. The number of halogens is 1. The minimum Gasteiger partial charge on any atom is -0.382 e. The molecule has 6 heteroatoms. The van der Waals surface area contributed by atoms with Gasteiger partial charge in [0.15, 0.2) is 0 Å². The highest BCUT2D eigenvalue weighted by Crippen LogP contribution is 2.21. The molecule has 1 heterocycles. The van der Waals surface area contributed by atoms with Crippen molar-refractivity contribution in [3.8, 4) is 0 Å².